The summed E-state index contributed by atoms with van der Waals surface area (Å²) in [6, 6.07) is 12.1. The molecule has 0 N–H and O–H groups in total. The average Bonchev–Trinajstić information content (AvgIpc) is 2.51. The highest BCUT2D eigenvalue weighted by Crippen LogP contribution is 2.22. The zero-order valence-corrected chi connectivity index (χ0v) is 14.4. The minimum absolute atomic E-state index is 0.177. The van der Waals surface area contributed by atoms with E-state index >= 15 is 0 Å². The summed E-state index contributed by atoms with van der Waals surface area (Å²) in [5.41, 5.74) is 1.79. The standard InChI is InChI=1S/C16H11Cl2N3OS/c1-10(2)23(22)21-16(12-7-14(17)20-15(18)8-12)13-6-4-3-5-11(13)9-19/h3-8H,1H2,2H3/b21-16+. The normalized spacial score (nSPS) is 12.6. The predicted octanol–water partition coefficient (Wildman–Crippen LogP) is 4.29. The van der Waals surface area contributed by atoms with Crippen molar-refractivity contribution in [2.24, 2.45) is 4.40 Å². The van der Waals surface area contributed by atoms with E-state index in [1.54, 1.807) is 43.3 Å². The van der Waals surface area contributed by atoms with Crippen LogP contribution in [0.15, 0.2) is 52.3 Å². The van der Waals surface area contributed by atoms with Crippen LogP contribution < -0.4 is 0 Å². The molecule has 0 aliphatic rings. The van der Waals surface area contributed by atoms with Gasteiger partial charge in [-0.25, -0.2) is 4.98 Å². The van der Waals surface area contributed by atoms with Crippen LogP contribution in [0.3, 0.4) is 0 Å². The molecule has 4 nitrogen and oxygen atoms in total. The van der Waals surface area contributed by atoms with Gasteiger partial charge in [-0.1, -0.05) is 45.8 Å². The molecular weight excluding hydrogens is 353 g/mol. The van der Waals surface area contributed by atoms with Crippen molar-refractivity contribution in [3.63, 3.8) is 0 Å². The molecule has 0 saturated heterocycles. The Morgan fingerprint density at radius 1 is 1.30 bits per heavy atom. The van der Waals surface area contributed by atoms with Gasteiger partial charge in [-0.15, -0.1) is 0 Å². The van der Waals surface area contributed by atoms with E-state index < -0.39 is 11.4 Å². The summed E-state index contributed by atoms with van der Waals surface area (Å²) < 4.78 is 16.3. The van der Waals surface area contributed by atoms with Crippen LogP contribution in [-0.2, 0) is 11.4 Å². The van der Waals surface area contributed by atoms with Crippen molar-refractivity contribution >= 4 is 40.3 Å². The van der Waals surface area contributed by atoms with Crippen molar-refractivity contribution in [1.82, 2.24) is 4.98 Å². The molecule has 1 unspecified atom stereocenters. The molecule has 2 rings (SSSR count). The molecule has 116 valence electrons. The fourth-order valence-corrected chi connectivity index (χ4v) is 2.79. The lowest BCUT2D eigenvalue weighted by Gasteiger charge is -2.10. The lowest BCUT2D eigenvalue weighted by Crippen LogP contribution is -2.10. The number of rotatable bonds is 4. The van der Waals surface area contributed by atoms with Gasteiger partial charge in [-0.3, -0.25) is 0 Å². The highest BCUT2D eigenvalue weighted by atomic mass is 35.5. The Kier molecular flexibility index (Phi) is 5.80. The molecule has 23 heavy (non-hydrogen) atoms. The van der Waals surface area contributed by atoms with Crippen LogP contribution in [-0.4, -0.2) is 15.2 Å². The topological polar surface area (TPSA) is 72.1 Å². The van der Waals surface area contributed by atoms with Crippen molar-refractivity contribution in [2.45, 2.75) is 6.92 Å². The number of nitriles is 1. The predicted molar refractivity (Wildman–Crippen MR) is 94.0 cm³/mol. The van der Waals surface area contributed by atoms with Gasteiger partial charge in [-0.2, -0.15) is 5.26 Å². The molecule has 1 atom stereocenters. The van der Waals surface area contributed by atoms with E-state index in [1.807, 2.05) is 0 Å². The van der Waals surface area contributed by atoms with Gasteiger partial charge in [0.2, 0.25) is 0 Å². The van der Waals surface area contributed by atoms with Gasteiger partial charge in [0.05, 0.1) is 11.6 Å². The summed E-state index contributed by atoms with van der Waals surface area (Å²) in [5, 5.41) is 9.66. The van der Waals surface area contributed by atoms with Gasteiger partial charge >= 0.3 is 0 Å². The highest BCUT2D eigenvalue weighted by molar-refractivity contribution is 7.94. The zero-order valence-electron chi connectivity index (χ0n) is 12.1. The minimum Gasteiger partial charge on any atom is -0.586 e. The molecule has 2 aromatic rings. The van der Waals surface area contributed by atoms with Gasteiger partial charge in [0.1, 0.15) is 32.3 Å². The second-order valence-corrected chi connectivity index (χ2v) is 6.70. The molecule has 0 saturated carbocycles. The molecule has 1 heterocycles. The van der Waals surface area contributed by atoms with Crippen LogP contribution in [0.1, 0.15) is 23.6 Å². The van der Waals surface area contributed by atoms with Crippen LogP contribution in [0, 0.1) is 11.3 Å². The molecule has 0 radical (unpaired) electrons. The monoisotopic (exact) mass is 363 g/mol. The maximum absolute atomic E-state index is 12.1. The highest BCUT2D eigenvalue weighted by Gasteiger charge is 2.18. The summed E-state index contributed by atoms with van der Waals surface area (Å²) in [6.45, 7) is 5.25. The van der Waals surface area contributed by atoms with Crippen molar-refractivity contribution in [2.75, 3.05) is 0 Å². The Balaban J connectivity index is 2.71. The van der Waals surface area contributed by atoms with Gasteiger partial charge in [0.15, 0.2) is 0 Å². The van der Waals surface area contributed by atoms with Gasteiger partial charge < -0.3 is 4.55 Å². The first-order valence-corrected chi connectivity index (χ1v) is 8.27. The molecule has 7 heteroatoms. The van der Waals surface area contributed by atoms with Gasteiger partial charge in [0, 0.05) is 18.1 Å². The lowest BCUT2D eigenvalue weighted by atomic mass is 9.99. The Morgan fingerprint density at radius 2 is 1.91 bits per heavy atom. The van der Waals surface area contributed by atoms with E-state index in [9.17, 15) is 9.81 Å². The van der Waals surface area contributed by atoms with Crippen LogP contribution in [0.2, 0.25) is 10.3 Å². The van der Waals surface area contributed by atoms with Crippen LogP contribution in [0.4, 0.5) is 0 Å². The summed E-state index contributed by atoms with van der Waals surface area (Å²) in [5.74, 6) is 0. The molecule has 0 amide bonds. The van der Waals surface area contributed by atoms with E-state index in [0.717, 1.165) is 0 Å². The third-order valence-corrected chi connectivity index (χ3v) is 4.14. The maximum Gasteiger partial charge on any atom is 0.149 e. The van der Waals surface area contributed by atoms with E-state index in [4.69, 9.17) is 23.2 Å². The van der Waals surface area contributed by atoms with E-state index in [0.29, 0.717) is 27.3 Å². The first-order chi connectivity index (χ1) is 10.9. The fourth-order valence-electron chi connectivity index (χ4n) is 1.81. The third-order valence-electron chi connectivity index (χ3n) is 2.81. The smallest absolute Gasteiger partial charge is 0.149 e. The number of pyridine rings is 1. The van der Waals surface area contributed by atoms with Crippen LogP contribution in [0.25, 0.3) is 0 Å². The van der Waals surface area contributed by atoms with Gasteiger partial charge in [-0.05, 0) is 24.8 Å². The molecule has 0 fully saturated rings. The Morgan fingerprint density at radius 3 is 2.48 bits per heavy atom. The molecule has 0 aliphatic heterocycles. The first kappa shape index (κ1) is 17.5. The van der Waals surface area contributed by atoms with Crippen LogP contribution >= 0.6 is 23.2 Å². The second-order valence-electron chi connectivity index (χ2n) is 4.55. The number of allylic oxidation sites excluding steroid dienone is 1. The minimum atomic E-state index is -1.65. The van der Waals surface area contributed by atoms with Crippen molar-refractivity contribution in [3.05, 3.63) is 74.9 Å². The van der Waals surface area contributed by atoms with E-state index in [-0.39, 0.29) is 10.3 Å². The fraction of sp³-hybridized carbons (Fsp3) is 0.0625. The molecule has 0 spiro atoms. The van der Waals surface area contributed by atoms with Crippen LogP contribution in [0.5, 0.6) is 0 Å². The Hall–Kier alpha value is -1.84. The van der Waals surface area contributed by atoms with Crippen molar-refractivity contribution in [3.8, 4) is 6.07 Å². The number of benzene rings is 1. The molecule has 1 aromatic heterocycles. The number of nitrogens with zero attached hydrogens (tertiary/aromatic N) is 3. The first-order valence-electron chi connectivity index (χ1n) is 6.41. The average molecular weight is 364 g/mol. The molecule has 1 aromatic carbocycles. The quantitative estimate of drug-likeness (QED) is 0.461. The lowest BCUT2D eigenvalue weighted by molar-refractivity contribution is 0.603. The number of hydrogen-bond donors (Lipinski definition) is 0. The summed E-state index contributed by atoms with van der Waals surface area (Å²) in [4.78, 5) is 4.28. The van der Waals surface area contributed by atoms with E-state index in [1.165, 1.54) is 0 Å². The Bertz CT molecular complexity index is 810. The molecular formula is C16H11Cl2N3OS. The molecule has 0 aliphatic carbocycles. The second kappa shape index (κ2) is 7.62. The Labute approximate surface area is 147 Å². The number of hydrogen-bond acceptors (Lipinski definition) is 4. The number of aromatic nitrogens is 1. The summed E-state index contributed by atoms with van der Waals surface area (Å²) in [6.07, 6.45) is 0. The summed E-state index contributed by atoms with van der Waals surface area (Å²) in [7, 11) is 0. The molecule has 0 bridgehead atoms. The van der Waals surface area contributed by atoms with Gasteiger partial charge in [0.25, 0.3) is 0 Å². The van der Waals surface area contributed by atoms with Crippen molar-refractivity contribution < 1.29 is 4.55 Å². The SMILES string of the molecule is C=C(C)[S+]([O-])/N=C(\c1cc(Cl)nc(Cl)c1)c1ccccc1C#N. The van der Waals surface area contributed by atoms with E-state index in [2.05, 4.69) is 22.0 Å². The zero-order chi connectivity index (χ0) is 17.0. The third kappa shape index (κ3) is 4.34. The number of halogens is 2. The van der Waals surface area contributed by atoms with Crippen molar-refractivity contribution in [1.29, 1.82) is 5.26 Å². The maximum atomic E-state index is 12.1. The summed E-state index contributed by atoms with van der Waals surface area (Å²) >= 11 is 10.2. The largest absolute Gasteiger partial charge is 0.586 e.